The fourth-order valence-corrected chi connectivity index (χ4v) is 7.72. The fraction of sp³-hybridized carbons (Fsp3) is 0.586. The molecule has 4 heterocycles. The monoisotopic (exact) mass is 522 g/mol. The number of sulfonamides is 1. The Bertz CT molecular complexity index is 1280. The standard InChI is InChI=1S/C29H38N4O3S/c1-3-16-37(34,35)33-14-8-22(9-15-33)23-6-7-27-24(17-23)18-29(2,36-27)26-10-12-32(13-11-26)28-30-19-25(20-31-28)21-4-5-21/h6-8,17,19-21,26H,3-5,9-16,18H2,1-2H3. The zero-order valence-electron chi connectivity index (χ0n) is 22.0. The van der Waals surface area contributed by atoms with Crippen molar-refractivity contribution in [1.29, 1.82) is 0 Å². The summed E-state index contributed by atoms with van der Waals surface area (Å²) in [6, 6.07) is 6.52. The van der Waals surface area contributed by atoms with Gasteiger partial charge in [-0.3, -0.25) is 0 Å². The number of ether oxygens (including phenoxy) is 1. The highest BCUT2D eigenvalue weighted by atomic mass is 32.2. The van der Waals surface area contributed by atoms with Gasteiger partial charge in [-0.15, -0.1) is 0 Å². The summed E-state index contributed by atoms with van der Waals surface area (Å²) in [7, 11) is -3.14. The zero-order valence-corrected chi connectivity index (χ0v) is 22.8. The smallest absolute Gasteiger partial charge is 0.225 e. The Hall–Kier alpha value is -2.45. The molecule has 1 aliphatic carbocycles. The molecule has 0 amide bonds. The lowest BCUT2D eigenvalue weighted by Crippen LogP contribution is -2.46. The average molecular weight is 523 g/mol. The molecule has 0 spiro atoms. The van der Waals surface area contributed by atoms with Gasteiger partial charge < -0.3 is 9.64 Å². The molecule has 0 bridgehead atoms. The lowest BCUT2D eigenvalue weighted by Gasteiger charge is -2.40. The molecule has 3 aliphatic heterocycles. The van der Waals surface area contributed by atoms with Gasteiger partial charge in [-0.05, 0) is 85.8 Å². The van der Waals surface area contributed by atoms with Crippen molar-refractivity contribution in [3.63, 3.8) is 0 Å². The van der Waals surface area contributed by atoms with Crippen molar-refractivity contribution in [2.75, 3.05) is 36.8 Å². The second-order valence-corrected chi connectivity index (χ2v) is 13.5. The van der Waals surface area contributed by atoms with E-state index in [0.29, 0.717) is 31.3 Å². The van der Waals surface area contributed by atoms with E-state index in [-0.39, 0.29) is 11.4 Å². The number of rotatable bonds is 7. The van der Waals surface area contributed by atoms with E-state index in [9.17, 15) is 8.42 Å². The maximum atomic E-state index is 12.4. The SMILES string of the molecule is CCCS(=O)(=O)N1CC=C(c2ccc3c(c2)CC(C)(C2CCN(c4ncc(C5CC5)cn4)CC2)O3)CC1. The maximum absolute atomic E-state index is 12.4. The van der Waals surface area contributed by atoms with E-state index in [1.54, 1.807) is 4.31 Å². The van der Waals surface area contributed by atoms with Crippen LogP contribution in [0.2, 0.25) is 0 Å². The third-order valence-electron chi connectivity index (χ3n) is 8.69. The quantitative estimate of drug-likeness (QED) is 0.520. The Kier molecular flexibility index (Phi) is 6.51. The second-order valence-electron chi connectivity index (χ2n) is 11.4. The molecule has 1 atom stereocenters. The predicted molar refractivity (Wildman–Crippen MR) is 146 cm³/mol. The molecule has 1 aromatic heterocycles. The minimum atomic E-state index is -3.14. The van der Waals surface area contributed by atoms with E-state index in [4.69, 9.17) is 4.74 Å². The summed E-state index contributed by atoms with van der Waals surface area (Å²) in [6.07, 6.45) is 13.1. The van der Waals surface area contributed by atoms with E-state index in [1.807, 2.05) is 19.3 Å². The number of aromatic nitrogens is 2. The van der Waals surface area contributed by atoms with Crippen molar-refractivity contribution in [2.24, 2.45) is 5.92 Å². The van der Waals surface area contributed by atoms with Crippen molar-refractivity contribution in [3.05, 3.63) is 53.4 Å². The van der Waals surface area contributed by atoms with E-state index < -0.39 is 10.0 Å². The first kappa shape index (κ1) is 24.9. The highest BCUT2D eigenvalue weighted by Crippen LogP contribution is 2.44. The molecule has 6 rings (SSSR count). The first-order valence-corrected chi connectivity index (χ1v) is 15.5. The Labute approximate surface area is 221 Å². The van der Waals surface area contributed by atoms with Crippen LogP contribution in [0, 0.1) is 5.92 Å². The second kappa shape index (κ2) is 9.70. The molecule has 8 heteroatoms. The molecular weight excluding hydrogens is 484 g/mol. The molecule has 7 nitrogen and oxygen atoms in total. The molecule has 1 unspecified atom stereocenters. The number of benzene rings is 1. The van der Waals surface area contributed by atoms with Crippen molar-refractivity contribution in [3.8, 4) is 5.75 Å². The molecule has 2 fully saturated rings. The summed E-state index contributed by atoms with van der Waals surface area (Å²) in [4.78, 5) is 11.6. The topological polar surface area (TPSA) is 75.6 Å². The number of fused-ring (bicyclic) bond motifs is 1. The van der Waals surface area contributed by atoms with Gasteiger partial charge in [0, 0.05) is 50.9 Å². The van der Waals surface area contributed by atoms with Gasteiger partial charge in [-0.1, -0.05) is 19.1 Å². The van der Waals surface area contributed by atoms with Gasteiger partial charge in [0.2, 0.25) is 16.0 Å². The zero-order chi connectivity index (χ0) is 25.6. The van der Waals surface area contributed by atoms with Crippen LogP contribution >= 0.6 is 0 Å². The third kappa shape index (κ3) is 5.02. The number of anilines is 1. The van der Waals surface area contributed by atoms with Crippen molar-refractivity contribution >= 4 is 21.5 Å². The van der Waals surface area contributed by atoms with E-state index in [2.05, 4.69) is 46.1 Å². The van der Waals surface area contributed by atoms with Crippen LogP contribution in [0.4, 0.5) is 5.95 Å². The highest BCUT2D eigenvalue weighted by molar-refractivity contribution is 7.89. The van der Waals surface area contributed by atoms with Gasteiger partial charge in [-0.25, -0.2) is 18.4 Å². The van der Waals surface area contributed by atoms with Crippen LogP contribution < -0.4 is 9.64 Å². The number of nitrogens with zero attached hydrogens (tertiary/aromatic N) is 4. The molecule has 1 saturated carbocycles. The van der Waals surface area contributed by atoms with Crippen LogP contribution in [0.1, 0.15) is 75.0 Å². The van der Waals surface area contributed by atoms with Crippen LogP contribution in [-0.4, -0.2) is 60.2 Å². The third-order valence-corrected chi connectivity index (χ3v) is 10.7. The molecule has 2 aromatic rings. The molecular formula is C29H38N4O3S. The van der Waals surface area contributed by atoms with Crippen LogP contribution in [0.3, 0.4) is 0 Å². The van der Waals surface area contributed by atoms with Gasteiger partial charge >= 0.3 is 0 Å². The molecule has 37 heavy (non-hydrogen) atoms. The summed E-state index contributed by atoms with van der Waals surface area (Å²) < 4.78 is 33.0. The summed E-state index contributed by atoms with van der Waals surface area (Å²) in [6.45, 7) is 7.12. The van der Waals surface area contributed by atoms with Gasteiger partial charge in [0.1, 0.15) is 11.4 Å². The molecule has 4 aliphatic rings. The van der Waals surface area contributed by atoms with Crippen LogP contribution in [-0.2, 0) is 16.4 Å². The van der Waals surface area contributed by atoms with E-state index in [1.165, 1.54) is 35.1 Å². The Morgan fingerprint density at radius 3 is 2.49 bits per heavy atom. The molecule has 1 aromatic carbocycles. The molecule has 198 valence electrons. The summed E-state index contributed by atoms with van der Waals surface area (Å²) >= 11 is 0. The number of hydrogen-bond acceptors (Lipinski definition) is 6. The Balaban J connectivity index is 1.08. The summed E-state index contributed by atoms with van der Waals surface area (Å²) in [5.74, 6) is 3.25. The molecule has 1 saturated heterocycles. The molecule has 0 radical (unpaired) electrons. The largest absolute Gasteiger partial charge is 0.487 e. The van der Waals surface area contributed by atoms with Crippen LogP contribution in [0.25, 0.3) is 5.57 Å². The fourth-order valence-electron chi connectivity index (χ4n) is 6.27. The lowest BCUT2D eigenvalue weighted by atomic mass is 9.79. The normalized spacial score (nSPS) is 25.0. The van der Waals surface area contributed by atoms with Crippen LogP contribution in [0.5, 0.6) is 5.75 Å². The molecule has 0 N–H and O–H groups in total. The summed E-state index contributed by atoms with van der Waals surface area (Å²) in [5.41, 5.74) is 4.78. The lowest BCUT2D eigenvalue weighted by molar-refractivity contribution is 0.0349. The van der Waals surface area contributed by atoms with Gasteiger partial charge in [-0.2, -0.15) is 4.31 Å². The summed E-state index contributed by atoms with van der Waals surface area (Å²) in [5, 5.41) is 0. The highest BCUT2D eigenvalue weighted by Gasteiger charge is 2.43. The minimum Gasteiger partial charge on any atom is -0.487 e. The Morgan fingerprint density at radius 2 is 1.84 bits per heavy atom. The van der Waals surface area contributed by atoms with E-state index in [0.717, 1.165) is 50.5 Å². The minimum absolute atomic E-state index is 0.199. The predicted octanol–water partition coefficient (Wildman–Crippen LogP) is 4.79. The number of hydrogen-bond donors (Lipinski definition) is 0. The average Bonchev–Trinajstić information content (AvgIpc) is 3.70. The van der Waals surface area contributed by atoms with Crippen LogP contribution in [0.15, 0.2) is 36.7 Å². The van der Waals surface area contributed by atoms with Crippen molar-refractivity contribution in [1.82, 2.24) is 14.3 Å². The first-order chi connectivity index (χ1) is 17.8. The maximum Gasteiger partial charge on any atom is 0.225 e. The first-order valence-electron chi connectivity index (χ1n) is 13.9. The van der Waals surface area contributed by atoms with Crippen molar-refractivity contribution in [2.45, 2.75) is 70.3 Å². The van der Waals surface area contributed by atoms with Crippen molar-refractivity contribution < 1.29 is 13.2 Å². The number of piperidine rings is 1. The van der Waals surface area contributed by atoms with Gasteiger partial charge in [0.05, 0.1) is 5.75 Å². The van der Waals surface area contributed by atoms with Gasteiger partial charge in [0.25, 0.3) is 0 Å². The Morgan fingerprint density at radius 1 is 1.08 bits per heavy atom. The van der Waals surface area contributed by atoms with Gasteiger partial charge in [0.15, 0.2) is 0 Å². The van der Waals surface area contributed by atoms with E-state index >= 15 is 0 Å².